The van der Waals surface area contributed by atoms with E-state index in [0.29, 0.717) is 25.6 Å². The van der Waals surface area contributed by atoms with E-state index >= 15 is 0 Å². The number of benzene rings is 2. The molecule has 2 fully saturated rings. The zero-order valence-electron chi connectivity index (χ0n) is 14.2. The molecule has 5 nitrogen and oxygen atoms in total. The highest BCUT2D eigenvalue weighted by Crippen LogP contribution is 2.32. The lowest BCUT2D eigenvalue weighted by atomic mass is 10.1. The number of nitrogens with zero attached hydrogens (tertiary/aromatic N) is 1. The van der Waals surface area contributed by atoms with Crippen molar-refractivity contribution in [3.05, 3.63) is 48.0 Å². The van der Waals surface area contributed by atoms with Gasteiger partial charge in [-0.1, -0.05) is 36.4 Å². The van der Waals surface area contributed by atoms with Gasteiger partial charge in [-0.15, -0.1) is 0 Å². The van der Waals surface area contributed by atoms with Crippen molar-refractivity contribution >= 4 is 22.7 Å². The van der Waals surface area contributed by atoms with Crippen molar-refractivity contribution in [1.29, 1.82) is 0 Å². The number of carbonyl (C=O) groups is 2. The van der Waals surface area contributed by atoms with Gasteiger partial charge in [0.2, 0.25) is 5.91 Å². The normalized spacial score (nSPS) is 20.1. The van der Waals surface area contributed by atoms with Crippen molar-refractivity contribution in [2.45, 2.75) is 31.8 Å². The van der Waals surface area contributed by atoms with E-state index in [9.17, 15) is 9.59 Å². The molecule has 2 aromatic carbocycles. The Morgan fingerprint density at radius 3 is 2.68 bits per heavy atom. The van der Waals surface area contributed by atoms with Gasteiger partial charge in [0.25, 0.3) is 0 Å². The number of urea groups is 1. The van der Waals surface area contributed by atoms with Gasteiger partial charge in [0.15, 0.2) is 0 Å². The molecule has 0 aromatic heterocycles. The molecule has 1 aliphatic heterocycles. The molecule has 0 bridgehead atoms. The van der Waals surface area contributed by atoms with Gasteiger partial charge in [0.1, 0.15) is 0 Å². The Bertz CT molecular complexity index is 800. The van der Waals surface area contributed by atoms with Crippen molar-refractivity contribution in [1.82, 2.24) is 15.5 Å². The van der Waals surface area contributed by atoms with E-state index in [1.54, 1.807) is 0 Å². The first-order valence-corrected chi connectivity index (χ1v) is 8.98. The number of hydrogen-bond donors (Lipinski definition) is 2. The molecule has 2 aromatic rings. The average molecular weight is 337 g/mol. The molecule has 1 aliphatic carbocycles. The summed E-state index contributed by atoms with van der Waals surface area (Å²) < 4.78 is 0. The summed E-state index contributed by atoms with van der Waals surface area (Å²) in [5.41, 5.74) is 1.07. The second-order valence-corrected chi connectivity index (χ2v) is 7.09. The molecule has 1 atom stereocenters. The van der Waals surface area contributed by atoms with Gasteiger partial charge in [-0.2, -0.15) is 0 Å². The lowest BCUT2D eigenvalue weighted by Gasteiger charge is -2.16. The van der Waals surface area contributed by atoms with E-state index in [-0.39, 0.29) is 17.9 Å². The predicted octanol–water partition coefficient (Wildman–Crippen LogP) is 2.65. The molecule has 2 aliphatic rings. The summed E-state index contributed by atoms with van der Waals surface area (Å²) >= 11 is 0. The maximum atomic E-state index is 12.0. The molecular weight excluding hydrogens is 314 g/mol. The Morgan fingerprint density at radius 2 is 1.88 bits per heavy atom. The first-order valence-electron chi connectivity index (χ1n) is 8.98. The minimum atomic E-state index is -0.175. The van der Waals surface area contributed by atoms with Gasteiger partial charge in [0.05, 0.1) is 0 Å². The first-order chi connectivity index (χ1) is 12.2. The number of amides is 3. The van der Waals surface area contributed by atoms with Crippen LogP contribution in [-0.4, -0.2) is 36.0 Å². The summed E-state index contributed by atoms with van der Waals surface area (Å²) in [4.78, 5) is 25.9. The SMILES string of the molecule is O=C(NCc1ccc2ccccc2c1)NC[C@@H]1CC(=O)N(C2CC2)C1. The van der Waals surface area contributed by atoms with Gasteiger partial charge >= 0.3 is 6.03 Å². The molecule has 0 unspecified atom stereocenters. The number of carbonyl (C=O) groups excluding carboxylic acids is 2. The molecule has 130 valence electrons. The molecule has 1 saturated carbocycles. The van der Waals surface area contributed by atoms with Crippen LogP contribution >= 0.6 is 0 Å². The molecule has 2 N–H and O–H groups in total. The van der Waals surface area contributed by atoms with Gasteiger partial charge in [0, 0.05) is 38.0 Å². The van der Waals surface area contributed by atoms with E-state index in [2.05, 4.69) is 34.9 Å². The summed E-state index contributed by atoms with van der Waals surface area (Å²) in [6, 6.07) is 14.7. The van der Waals surface area contributed by atoms with E-state index in [1.807, 2.05) is 23.1 Å². The van der Waals surface area contributed by atoms with Gasteiger partial charge in [-0.25, -0.2) is 4.79 Å². The van der Waals surface area contributed by atoms with Crippen LogP contribution in [0.15, 0.2) is 42.5 Å². The molecule has 0 spiro atoms. The molecule has 4 rings (SSSR count). The molecule has 0 radical (unpaired) electrons. The van der Waals surface area contributed by atoms with Crippen molar-refractivity contribution in [2.24, 2.45) is 5.92 Å². The summed E-state index contributed by atoms with van der Waals surface area (Å²) in [5.74, 6) is 0.477. The minimum absolute atomic E-state index is 0.175. The largest absolute Gasteiger partial charge is 0.339 e. The summed E-state index contributed by atoms with van der Waals surface area (Å²) in [6.07, 6.45) is 2.83. The molecule has 1 saturated heterocycles. The number of fused-ring (bicyclic) bond motifs is 1. The van der Waals surface area contributed by atoms with Crippen LogP contribution in [-0.2, 0) is 11.3 Å². The fraction of sp³-hybridized carbons (Fsp3) is 0.400. The fourth-order valence-electron chi connectivity index (χ4n) is 3.51. The quantitative estimate of drug-likeness (QED) is 0.881. The second kappa shape index (κ2) is 6.75. The fourth-order valence-corrected chi connectivity index (χ4v) is 3.51. The third-order valence-corrected chi connectivity index (χ3v) is 5.04. The van der Waals surface area contributed by atoms with Crippen LogP contribution in [0.2, 0.25) is 0 Å². The first kappa shape index (κ1) is 15.9. The van der Waals surface area contributed by atoms with Crippen LogP contribution in [0.4, 0.5) is 4.79 Å². The van der Waals surface area contributed by atoms with Crippen LogP contribution in [0.5, 0.6) is 0 Å². The topological polar surface area (TPSA) is 61.4 Å². The Kier molecular flexibility index (Phi) is 4.30. The predicted molar refractivity (Wildman–Crippen MR) is 97.0 cm³/mol. The Morgan fingerprint density at radius 1 is 1.08 bits per heavy atom. The molecule has 25 heavy (non-hydrogen) atoms. The third kappa shape index (κ3) is 3.76. The zero-order chi connectivity index (χ0) is 17.2. The second-order valence-electron chi connectivity index (χ2n) is 7.09. The van der Waals surface area contributed by atoms with Crippen LogP contribution in [0.3, 0.4) is 0 Å². The van der Waals surface area contributed by atoms with Gasteiger partial charge in [-0.3, -0.25) is 4.79 Å². The van der Waals surface area contributed by atoms with Crippen molar-refractivity contribution in [3.8, 4) is 0 Å². The van der Waals surface area contributed by atoms with E-state index < -0.39 is 0 Å². The molecule has 3 amide bonds. The highest BCUT2D eigenvalue weighted by atomic mass is 16.2. The number of rotatable bonds is 5. The number of hydrogen-bond acceptors (Lipinski definition) is 2. The summed E-state index contributed by atoms with van der Waals surface area (Å²) in [7, 11) is 0. The Balaban J connectivity index is 1.24. The van der Waals surface area contributed by atoms with Gasteiger partial charge in [-0.05, 0) is 35.2 Å². The van der Waals surface area contributed by atoms with Crippen molar-refractivity contribution in [2.75, 3.05) is 13.1 Å². The van der Waals surface area contributed by atoms with Crippen molar-refractivity contribution in [3.63, 3.8) is 0 Å². The highest BCUT2D eigenvalue weighted by molar-refractivity contribution is 5.83. The molecule has 5 heteroatoms. The van der Waals surface area contributed by atoms with Crippen LogP contribution < -0.4 is 10.6 Å². The summed E-state index contributed by atoms with van der Waals surface area (Å²) in [6.45, 7) is 1.83. The maximum Gasteiger partial charge on any atom is 0.315 e. The van der Waals surface area contributed by atoms with Crippen LogP contribution in [0, 0.1) is 5.92 Å². The molecular formula is C20H23N3O2. The smallest absolute Gasteiger partial charge is 0.315 e. The minimum Gasteiger partial charge on any atom is -0.339 e. The monoisotopic (exact) mass is 337 g/mol. The van der Waals surface area contributed by atoms with Crippen LogP contribution in [0.25, 0.3) is 10.8 Å². The lowest BCUT2D eigenvalue weighted by Crippen LogP contribution is -2.38. The maximum absolute atomic E-state index is 12.0. The zero-order valence-corrected chi connectivity index (χ0v) is 14.2. The van der Waals surface area contributed by atoms with E-state index in [4.69, 9.17) is 0 Å². The Hall–Kier alpha value is -2.56. The number of likely N-dealkylation sites (tertiary alicyclic amines) is 1. The Labute approximate surface area is 147 Å². The van der Waals surface area contributed by atoms with Gasteiger partial charge < -0.3 is 15.5 Å². The molecule has 1 heterocycles. The van der Waals surface area contributed by atoms with Crippen LogP contribution in [0.1, 0.15) is 24.8 Å². The summed E-state index contributed by atoms with van der Waals surface area (Å²) in [5, 5.41) is 8.17. The lowest BCUT2D eigenvalue weighted by molar-refractivity contribution is -0.128. The van der Waals surface area contributed by atoms with E-state index in [0.717, 1.165) is 24.9 Å². The third-order valence-electron chi connectivity index (χ3n) is 5.04. The van der Waals surface area contributed by atoms with Crippen molar-refractivity contribution < 1.29 is 9.59 Å². The number of nitrogens with one attached hydrogen (secondary N) is 2. The highest BCUT2D eigenvalue weighted by Gasteiger charge is 2.39. The standard InChI is InChI=1S/C20H23N3O2/c24-19-10-15(13-23(19)18-7-8-18)12-22-20(25)21-11-14-5-6-16-3-1-2-4-17(16)9-14/h1-6,9,15,18H,7-8,10-13H2,(H2,21,22,25)/t15-/m0/s1. The average Bonchev–Trinajstić information content (AvgIpc) is 3.40. The van der Waals surface area contributed by atoms with E-state index in [1.165, 1.54) is 10.8 Å².